The molecule has 0 aromatic carbocycles. The highest BCUT2D eigenvalue weighted by Gasteiger charge is 2.50. The number of carbonyl (C=O) groups excluding carboxylic acids is 1. The monoisotopic (exact) mass is 297 g/mol. The van der Waals surface area contributed by atoms with Gasteiger partial charge in [0, 0.05) is 17.2 Å². The number of nitrogens with one attached hydrogen (secondary N) is 2. The zero-order chi connectivity index (χ0) is 12.0. The summed E-state index contributed by atoms with van der Waals surface area (Å²) in [5.41, 5.74) is 0.332. The van der Waals surface area contributed by atoms with Crippen LogP contribution in [0.1, 0.15) is 12.8 Å². The highest BCUT2D eigenvalue weighted by Crippen LogP contribution is 2.44. The predicted molar refractivity (Wildman–Crippen MR) is 66.7 cm³/mol. The lowest BCUT2D eigenvalue weighted by atomic mass is 9.66. The van der Waals surface area contributed by atoms with Crippen molar-refractivity contribution in [1.82, 2.24) is 4.98 Å². The number of aromatic nitrogens is 1. The smallest absolute Gasteiger partial charge is 0.233 e. The van der Waals surface area contributed by atoms with Gasteiger partial charge in [0.05, 0.1) is 17.2 Å². The number of anilines is 2. The Kier molecular flexibility index (Phi) is 2.38. The van der Waals surface area contributed by atoms with Crippen LogP contribution in [0.4, 0.5) is 11.5 Å². The van der Waals surface area contributed by atoms with Gasteiger partial charge in [0.25, 0.3) is 0 Å². The van der Waals surface area contributed by atoms with Gasteiger partial charge in [0.2, 0.25) is 5.91 Å². The van der Waals surface area contributed by atoms with Gasteiger partial charge < -0.3 is 15.7 Å². The van der Waals surface area contributed by atoms with E-state index in [2.05, 4.69) is 31.5 Å². The molecule has 17 heavy (non-hydrogen) atoms. The molecule has 1 amide bonds. The number of aliphatic hydroxyl groups is 1. The Morgan fingerprint density at radius 1 is 1.53 bits per heavy atom. The second-order valence-corrected chi connectivity index (χ2v) is 5.62. The summed E-state index contributed by atoms with van der Waals surface area (Å²) in [6.07, 6.45) is 2.32. The Morgan fingerprint density at radius 3 is 3.00 bits per heavy atom. The summed E-state index contributed by atoms with van der Waals surface area (Å²) in [6, 6.07) is 1.89. The van der Waals surface area contributed by atoms with Gasteiger partial charge in [-0.2, -0.15) is 0 Å². The van der Waals surface area contributed by atoms with Crippen molar-refractivity contribution in [2.24, 2.45) is 5.41 Å². The third-order valence-corrected chi connectivity index (χ3v) is 3.87. The molecule has 1 fully saturated rings. The molecular formula is C11H12BrN3O2. The lowest BCUT2D eigenvalue weighted by molar-refractivity contribution is -0.136. The number of pyridine rings is 1. The largest absolute Gasteiger partial charge is 0.393 e. The SMILES string of the molecule is O=C1Nc2ncc(Br)cc2NCC12CC(O)C2. The van der Waals surface area contributed by atoms with E-state index in [1.807, 2.05) is 6.07 Å². The molecule has 0 bridgehead atoms. The summed E-state index contributed by atoms with van der Waals surface area (Å²) in [7, 11) is 0. The summed E-state index contributed by atoms with van der Waals surface area (Å²) in [5.74, 6) is 0.500. The van der Waals surface area contributed by atoms with Crippen molar-refractivity contribution in [3.05, 3.63) is 16.7 Å². The number of aliphatic hydroxyl groups excluding tert-OH is 1. The van der Waals surface area contributed by atoms with E-state index in [0.29, 0.717) is 25.2 Å². The van der Waals surface area contributed by atoms with E-state index in [4.69, 9.17) is 0 Å². The van der Waals surface area contributed by atoms with Crippen LogP contribution in [0, 0.1) is 5.41 Å². The molecule has 0 radical (unpaired) electrons. The second-order valence-electron chi connectivity index (χ2n) is 4.70. The maximum Gasteiger partial charge on any atom is 0.233 e. The molecule has 1 aliphatic heterocycles. The minimum Gasteiger partial charge on any atom is -0.393 e. The van der Waals surface area contributed by atoms with Crippen molar-refractivity contribution in [1.29, 1.82) is 0 Å². The van der Waals surface area contributed by atoms with Gasteiger partial charge in [-0.15, -0.1) is 0 Å². The summed E-state index contributed by atoms with van der Waals surface area (Å²) in [4.78, 5) is 16.3. The minimum atomic E-state index is -0.480. The molecule has 2 aliphatic rings. The topological polar surface area (TPSA) is 74.2 Å². The number of amides is 1. The molecular weight excluding hydrogens is 286 g/mol. The molecule has 0 atom stereocenters. The first-order valence-electron chi connectivity index (χ1n) is 5.48. The molecule has 5 nitrogen and oxygen atoms in total. The zero-order valence-corrected chi connectivity index (χ0v) is 10.6. The van der Waals surface area contributed by atoms with Gasteiger partial charge >= 0.3 is 0 Å². The lowest BCUT2D eigenvalue weighted by Gasteiger charge is -2.42. The Bertz CT molecular complexity index is 486. The van der Waals surface area contributed by atoms with E-state index in [0.717, 1.165) is 10.2 Å². The Morgan fingerprint density at radius 2 is 2.29 bits per heavy atom. The quantitative estimate of drug-likeness (QED) is 0.676. The number of hydrogen-bond donors (Lipinski definition) is 3. The molecule has 2 heterocycles. The molecule has 0 saturated heterocycles. The number of hydrogen-bond acceptors (Lipinski definition) is 4. The maximum absolute atomic E-state index is 12.1. The minimum absolute atomic E-state index is 0.0520. The van der Waals surface area contributed by atoms with E-state index in [1.54, 1.807) is 6.20 Å². The molecule has 0 unspecified atom stereocenters. The normalized spacial score (nSPS) is 30.9. The van der Waals surface area contributed by atoms with Crippen LogP contribution in [0.15, 0.2) is 16.7 Å². The van der Waals surface area contributed by atoms with Gasteiger partial charge in [-0.3, -0.25) is 4.79 Å². The van der Waals surface area contributed by atoms with Gasteiger partial charge in [0.15, 0.2) is 5.82 Å². The number of fused-ring (bicyclic) bond motifs is 1. The van der Waals surface area contributed by atoms with Crippen molar-refractivity contribution in [3.8, 4) is 0 Å². The highest BCUT2D eigenvalue weighted by molar-refractivity contribution is 9.10. The van der Waals surface area contributed by atoms with Crippen LogP contribution in [-0.2, 0) is 4.79 Å². The number of nitrogens with zero attached hydrogens (tertiary/aromatic N) is 1. The van der Waals surface area contributed by atoms with Crippen LogP contribution >= 0.6 is 15.9 Å². The van der Waals surface area contributed by atoms with E-state index >= 15 is 0 Å². The standard InChI is InChI=1S/C11H12BrN3O2/c12-6-1-8-9(13-4-6)15-10(17)11(5-14-8)2-7(16)3-11/h1,4,7,14,16H,2-3,5H2,(H,13,15,17). The van der Waals surface area contributed by atoms with Crippen molar-refractivity contribution >= 4 is 33.3 Å². The van der Waals surface area contributed by atoms with Gasteiger partial charge in [-0.1, -0.05) is 0 Å². The van der Waals surface area contributed by atoms with Crippen LogP contribution in [0.2, 0.25) is 0 Å². The number of rotatable bonds is 0. The average Bonchev–Trinajstić information content (AvgIpc) is 2.37. The molecule has 3 rings (SSSR count). The fraction of sp³-hybridized carbons (Fsp3) is 0.455. The lowest BCUT2D eigenvalue weighted by Crippen LogP contribution is -2.52. The summed E-state index contributed by atoms with van der Waals surface area (Å²) >= 11 is 3.34. The third-order valence-electron chi connectivity index (χ3n) is 3.44. The molecule has 3 N–H and O–H groups in total. The number of halogens is 1. The van der Waals surface area contributed by atoms with Crippen LogP contribution in [0.25, 0.3) is 0 Å². The molecule has 1 aliphatic carbocycles. The van der Waals surface area contributed by atoms with Gasteiger partial charge in [-0.05, 0) is 34.8 Å². The summed E-state index contributed by atoms with van der Waals surface area (Å²) < 4.78 is 0.864. The maximum atomic E-state index is 12.1. The van der Waals surface area contributed by atoms with E-state index < -0.39 is 5.41 Å². The highest BCUT2D eigenvalue weighted by atomic mass is 79.9. The van der Waals surface area contributed by atoms with Crippen molar-refractivity contribution in [2.75, 3.05) is 17.2 Å². The van der Waals surface area contributed by atoms with E-state index in [1.165, 1.54) is 0 Å². The van der Waals surface area contributed by atoms with Gasteiger partial charge in [0.1, 0.15) is 0 Å². The predicted octanol–water partition coefficient (Wildman–Crippen LogP) is 1.35. The van der Waals surface area contributed by atoms with Crippen LogP contribution in [-0.4, -0.2) is 28.6 Å². The Labute approximate surface area is 107 Å². The molecule has 6 heteroatoms. The molecule has 1 aromatic rings. The van der Waals surface area contributed by atoms with E-state index in [-0.39, 0.29) is 12.0 Å². The van der Waals surface area contributed by atoms with Gasteiger partial charge in [-0.25, -0.2) is 4.98 Å². The Hall–Kier alpha value is -1.14. The fourth-order valence-electron chi connectivity index (χ4n) is 2.43. The van der Waals surface area contributed by atoms with Crippen molar-refractivity contribution in [3.63, 3.8) is 0 Å². The average molecular weight is 298 g/mol. The molecule has 1 aromatic heterocycles. The zero-order valence-electron chi connectivity index (χ0n) is 9.03. The first-order chi connectivity index (χ1) is 8.09. The summed E-state index contributed by atoms with van der Waals surface area (Å²) in [6.45, 7) is 0.543. The van der Waals surface area contributed by atoms with Crippen molar-refractivity contribution < 1.29 is 9.90 Å². The second kappa shape index (κ2) is 3.68. The van der Waals surface area contributed by atoms with Crippen LogP contribution < -0.4 is 10.6 Å². The van der Waals surface area contributed by atoms with E-state index in [9.17, 15) is 9.90 Å². The van der Waals surface area contributed by atoms with Crippen LogP contribution in [0.3, 0.4) is 0 Å². The van der Waals surface area contributed by atoms with Crippen LogP contribution in [0.5, 0.6) is 0 Å². The first kappa shape index (κ1) is 11.0. The third kappa shape index (κ3) is 1.71. The number of carbonyl (C=O) groups is 1. The summed E-state index contributed by atoms with van der Waals surface area (Å²) in [5, 5.41) is 15.4. The molecule has 1 spiro atoms. The molecule has 1 saturated carbocycles. The Balaban J connectivity index is 1.91. The first-order valence-corrected chi connectivity index (χ1v) is 6.27. The molecule has 90 valence electrons. The van der Waals surface area contributed by atoms with Crippen molar-refractivity contribution in [2.45, 2.75) is 18.9 Å². The fourth-order valence-corrected chi connectivity index (χ4v) is 2.76.